The maximum atomic E-state index is 13.9. The summed E-state index contributed by atoms with van der Waals surface area (Å²) < 4.78 is 13.9. The number of rotatable bonds is 6. The highest BCUT2D eigenvalue weighted by Gasteiger charge is 2.30. The Morgan fingerprint density at radius 1 is 1.13 bits per heavy atom. The van der Waals surface area contributed by atoms with Crippen molar-refractivity contribution in [1.82, 2.24) is 9.80 Å². The van der Waals surface area contributed by atoms with Crippen LogP contribution in [-0.2, 0) is 13.0 Å². The molecule has 0 aliphatic carbocycles. The van der Waals surface area contributed by atoms with E-state index >= 15 is 0 Å². The second-order valence-corrected chi connectivity index (χ2v) is 7.38. The topological polar surface area (TPSA) is 98.9 Å². The van der Waals surface area contributed by atoms with Crippen molar-refractivity contribution in [2.24, 2.45) is 5.73 Å². The lowest BCUT2D eigenvalue weighted by Crippen LogP contribution is -2.49. The maximum Gasteiger partial charge on any atom is 0.415 e. The normalized spacial score (nSPS) is 14.4. The second-order valence-electron chi connectivity index (χ2n) is 7.38. The lowest BCUT2D eigenvalue weighted by molar-refractivity contribution is 0.119. The summed E-state index contributed by atoms with van der Waals surface area (Å²) in [5, 5.41) is 12.9. The molecule has 160 valence electrons. The molecule has 0 bridgehead atoms. The zero-order valence-corrected chi connectivity index (χ0v) is 16.8. The summed E-state index contributed by atoms with van der Waals surface area (Å²) in [7, 11) is 0. The number of halogens is 1. The zero-order chi connectivity index (χ0) is 21.5. The quantitative estimate of drug-likeness (QED) is 0.672. The fourth-order valence-corrected chi connectivity index (χ4v) is 3.57. The van der Waals surface area contributed by atoms with Crippen molar-refractivity contribution >= 4 is 17.8 Å². The van der Waals surface area contributed by atoms with E-state index in [1.54, 1.807) is 6.07 Å². The molecule has 2 aromatic rings. The van der Waals surface area contributed by atoms with E-state index in [9.17, 15) is 19.1 Å². The summed E-state index contributed by atoms with van der Waals surface area (Å²) in [5.74, 6) is -0.531. The maximum absolute atomic E-state index is 13.9. The third-order valence-corrected chi connectivity index (χ3v) is 5.27. The summed E-state index contributed by atoms with van der Waals surface area (Å²) >= 11 is 0. The number of hydrogen-bond donors (Lipinski definition) is 3. The van der Waals surface area contributed by atoms with Crippen molar-refractivity contribution in [3.8, 4) is 0 Å². The number of likely N-dealkylation sites (tertiary alicyclic amines) is 1. The third kappa shape index (κ3) is 5.48. The van der Waals surface area contributed by atoms with Crippen molar-refractivity contribution in [1.29, 1.82) is 0 Å². The van der Waals surface area contributed by atoms with Crippen molar-refractivity contribution in [3.63, 3.8) is 0 Å². The number of hydrogen-bond acceptors (Lipinski definition) is 4. The van der Waals surface area contributed by atoms with Gasteiger partial charge in [-0.25, -0.2) is 18.9 Å². The number of nitrogens with one attached hydrogen (secondary N) is 1. The van der Waals surface area contributed by atoms with Crippen LogP contribution in [0.4, 0.5) is 19.7 Å². The molecule has 8 heteroatoms. The third-order valence-electron chi connectivity index (χ3n) is 5.27. The Hall–Kier alpha value is -3.13. The number of benzene rings is 2. The number of urea groups is 1. The van der Waals surface area contributed by atoms with Gasteiger partial charge >= 0.3 is 12.1 Å². The molecule has 1 heterocycles. The van der Waals surface area contributed by atoms with Gasteiger partial charge in [-0.05, 0) is 49.6 Å². The molecule has 0 radical (unpaired) electrons. The number of amides is 3. The lowest BCUT2D eigenvalue weighted by atomic mass is 10.0. The van der Waals surface area contributed by atoms with Gasteiger partial charge in [0.2, 0.25) is 0 Å². The molecule has 3 amide bonds. The zero-order valence-electron chi connectivity index (χ0n) is 16.8. The van der Waals surface area contributed by atoms with Gasteiger partial charge in [-0.15, -0.1) is 0 Å². The Morgan fingerprint density at radius 2 is 1.80 bits per heavy atom. The first kappa shape index (κ1) is 21.6. The minimum Gasteiger partial charge on any atom is -0.465 e. The van der Waals surface area contributed by atoms with Crippen molar-refractivity contribution in [2.45, 2.75) is 31.8 Å². The fourth-order valence-electron chi connectivity index (χ4n) is 3.57. The summed E-state index contributed by atoms with van der Waals surface area (Å²) in [6.07, 6.45) is 0.849. The monoisotopic (exact) mass is 414 g/mol. The first-order chi connectivity index (χ1) is 14.5. The number of carbonyl (C=O) groups excluding carboxylic acids is 1. The van der Waals surface area contributed by atoms with E-state index < -0.39 is 17.9 Å². The van der Waals surface area contributed by atoms with Crippen molar-refractivity contribution < 1.29 is 19.1 Å². The van der Waals surface area contributed by atoms with Crippen LogP contribution in [0.15, 0.2) is 48.5 Å². The van der Waals surface area contributed by atoms with Gasteiger partial charge < -0.3 is 21.1 Å². The smallest absolute Gasteiger partial charge is 0.415 e. The summed E-state index contributed by atoms with van der Waals surface area (Å²) in [6.45, 7) is 1.17. The SMILES string of the molecule is NCCc1ccc(NC2CCN(C(=O)N(Cc3ccccc3F)C(=O)O)CC2)cc1. The van der Waals surface area contributed by atoms with Crippen LogP contribution >= 0.6 is 0 Å². The molecule has 7 nitrogen and oxygen atoms in total. The van der Waals surface area contributed by atoms with Gasteiger partial charge in [0.15, 0.2) is 0 Å². The number of anilines is 1. The molecule has 30 heavy (non-hydrogen) atoms. The first-order valence-corrected chi connectivity index (χ1v) is 10.1. The van der Waals surface area contributed by atoms with Crippen LogP contribution < -0.4 is 11.1 Å². The molecule has 3 rings (SSSR count). The van der Waals surface area contributed by atoms with Gasteiger partial charge in [-0.3, -0.25) is 0 Å². The highest BCUT2D eigenvalue weighted by molar-refractivity contribution is 5.90. The Kier molecular flexibility index (Phi) is 7.24. The van der Waals surface area contributed by atoms with E-state index in [1.165, 1.54) is 28.7 Å². The highest BCUT2D eigenvalue weighted by atomic mass is 19.1. The number of piperidine rings is 1. The Morgan fingerprint density at radius 3 is 2.40 bits per heavy atom. The van der Waals surface area contributed by atoms with E-state index in [4.69, 9.17) is 5.73 Å². The molecule has 1 saturated heterocycles. The van der Waals surface area contributed by atoms with E-state index in [-0.39, 0.29) is 18.2 Å². The fraction of sp³-hybridized carbons (Fsp3) is 0.364. The van der Waals surface area contributed by atoms with Gasteiger partial charge in [0.05, 0.1) is 6.54 Å². The first-order valence-electron chi connectivity index (χ1n) is 10.1. The molecule has 2 aromatic carbocycles. The molecule has 1 aliphatic heterocycles. The van der Waals surface area contributed by atoms with Crippen LogP contribution in [0.25, 0.3) is 0 Å². The average molecular weight is 414 g/mol. The molecule has 1 aliphatic rings. The second kappa shape index (κ2) is 10.1. The molecular weight excluding hydrogens is 387 g/mol. The van der Waals surface area contributed by atoms with E-state index in [2.05, 4.69) is 5.32 Å². The summed E-state index contributed by atoms with van der Waals surface area (Å²) in [6, 6.07) is 13.6. The largest absolute Gasteiger partial charge is 0.465 e. The molecule has 0 spiro atoms. The molecule has 0 aromatic heterocycles. The van der Waals surface area contributed by atoms with E-state index in [0.717, 1.165) is 12.1 Å². The summed E-state index contributed by atoms with van der Waals surface area (Å²) in [4.78, 5) is 26.5. The van der Waals surface area contributed by atoms with Crippen molar-refractivity contribution in [2.75, 3.05) is 25.0 Å². The Labute approximate surface area is 175 Å². The number of nitrogens with zero attached hydrogens (tertiary/aromatic N) is 2. The summed E-state index contributed by atoms with van der Waals surface area (Å²) in [5.41, 5.74) is 7.93. The lowest BCUT2D eigenvalue weighted by Gasteiger charge is -2.35. The number of carbonyl (C=O) groups is 2. The predicted octanol–water partition coefficient (Wildman–Crippen LogP) is 3.50. The van der Waals surface area contributed by atoms with Crippen LogP contribution in [-0.4, -0.2) is 52.7 Å². The highest BCUT2D eigenvalue weighted by Crippen LogP contribution is 2.20. The Bertz CT molecular complexity index is 867. The van der Waals surface area contributed by atoms with Crippen LogP contribution in [0.5, 0.6) is 0 Å². The number of carboxylic acid groups (broad SMARTS) is 1. The van der Waals surface area contributed by atoms with E-state index in [0.29, 0.717) is 37.4 Å². The van der Waals surface area contributed by atoms with Gasteiger partial charge in [-0.2, -0.15) is 0 Å². The van der Waals surface area contributed by atoms with Gasteiger partial charge in [0, 0.05) is 30.4 Å². The standard InChI is InChI=1S/C22H27FN4O3/c23-20-4-2-1-3-17(20)15-27(22(29)30)21(28)26-13-10-19(11-14-26)25-18-7-5-16(6-8-18)9-12-24/h1-8,19,25H,9-15,24H2,(H,29,30). The molecule has 4 N–H and O–H groups in total. The molecule has 0 saturated carbocycles. The van der Waals surface area contributed by atoms with Crippen molar-refractivity contribution in [3.05, 3.63) is 65.5 Å². The Balaban J connectivity index is 1.55. The average Bonchev–Trinajstić information content (AvgIpc) is 2.74. The molecule has 0 unspecified atom stereocenters. The number of imide groups is 1. The van der Waals surface area contributed by atoms with Gasteiger partial charge in [0.1, 0.15) is 5.82 Å². The van der Waals surface area contributed by atoms with E-state index in [1.807, 2.05) is 24.3 Å². The van der Waals surface area contributed by atoms with Crippen LogP contribution in [0.3, 0.4) is 0 Å². The minimum absolute atomic E-state index is 0.169. The molecule has 0 atom stereocenters. The predicted molar refractivity (Wildman–Crippen MR) is 113 cm³/mol. The van der Waals surface area contributed by atoms with Crippen LogP contribution in [0, 0.1) is 5.82 Å². The van der Waals surface area contributed by atoms with Gasteiger partial charge in [-0.1, -0.05) is 30.3 Å². The van der Waals surface area contributed by atoms with Crippen LogP contribution in [0.1, 0.15) is 24.0 Å². The van der Waals surface area contributed by atoms with Gasteiger partial charge in [0.25, 0.3) is 0 Å². The molecule has 1 fully saturated rings. The minimum atomic E-state index is -1.39. The van der Waals surface area contributed by atoms with Crippen LogP contribution in [0.2, 0.25) is 0 Å². The molecular formula is C22H27FN4O3. The number of nitrogens with two attached hydrogens (primary N) is 1.